The van der Waals surface area contributed by atoms with Crippen molar-refractivity contribution < 1.29 is 38.4 Å². The van der Waals surface area contributed by atoms with Crippen LogP contribution in [-0.4, -0.2) is 94.3 Å². The van der Waals surface area contributed by atoms with Gasteiger partial charge < -0.3 is 34.6 Å². The van der Waals surface area contributed by atoms with Gasteiger partial charge in [-0.15, -0.1) is 0 Å². The van der Waals surface area contributed by atoms with Gasteiger partial charge in [0.05, 0.1) is 44.3 Å². The van der Waals surface area contributed by atoms with Gasteiger partial charge >= 0.3 is 0 Å². The minimum absolute atomic E-state index is 0.120. The second-order valence-electron chi connectivity index (χ2n) is 11.6. The van der Waals surface area contributed by atoms with Crippen LogP contribution in [0.1, 0.15) is 36.7 Å². The van der Waals surface area contributed by atoms with Crippen LogP contribution in [0.4, 0.5) is 14.6 Å². The number of anilines is 1. The number of aliphatic hydroxyl groups is 3. The third-order valence-electron chi connectivity index (χ3n) is 8.50. The van der Waals surface area contributed by atoms with E-state index in [4.69, 9.17) is 9.47 Å². The van der Waals surface area contributed by atoms with Crippen LogP contribution in [0, 0.1) is 30.9 Å². The molecule has 2 aliphatic rings. The molecule has 45 heavy (non-hydrogen) atoms. The highest BCUT2D eigenvalue weighted by Crippen LogP contribution is 2.47. The molecule has 1 aromatic carbocycles. The number of halogens is 3. The summed E-state index contributed by atoms with van der Waals surface area (Å²) in [6, 6.07) is 11.6. The van der Waals surface area contributed by atoms with Gasteiger partial charge in [0.2, 0.25) is 0 Å². The molecule has 10 nitrogen and oxygen atoms in total. The van der Waals surface area contributed by atoms with Gasteiger partial charge in [-0.3, -0.25) is 4.79 Å². The molecule has 5 rings (SSSR count). The molecule has 0 aliphatic carbocycles. The molecule has 0 spiro atoms. The monoisotopic (exact) mass is 692 g/mol. The number of aryl methyl sites for hydroxylation is 2. The molecular weight excluding hydrogens is 654 g/mol. The van der Waals surface area contributed by atoms with Crippen LogP contribution in [0.2, 0.25) is 0 Å². The number of benzene rings is 1. The fourth-order valence-corrected chi connectivity index (χ4v) is 5.88. The van der Waals surface area contributed by atoms with Gasteiger partial charge in [-0.25, -0.2) is 18.7 Å². The highest BCUT2D eigenvalue weighted by Gasteiger charge is 2.49. The van der Waals surface area contributed by atoms with Crippen LogP contribution in [0.3, 0.4) is 0 Å². The first-order valence-electron chi connectivity index (χ1n) is 14.5. The van der Waals surface area contributed by atoms with E-state index in [-0.39, 0.29) is 36.7 Å². The molecule has 2 saturated heterocycles. The number of likely N-dealkylation sites (tertiary alicyclic amines) is 1. The Hall–Kier alpha value is -3.39. The van der Waals surface area contributed by atoms with Gasteiger partial charge in [0.15, 0.2) is 17.6 Å². The highest BCUT2D eigenvalue weighted by molar-refractivity contribution is 9.10. The maximum absolute atomic E-state index is 13.5. The van der Waals surface area contributed by atoms with Gasteiger partial charge in [-0.2, -0.15) is 0 Å². The predicted molar refractivity (Wildman–Crippen MR) is 167 cm³/mol. The number of methoxy groups -OCH3 is 1. The molecule has 0 bridgehead atoms. The minimum atomic E-state index is -1.49. The lowest BCUT2D eigenvalue weighted by molar-refractivity contribution is -0.141. The lowest BCUT2D eigenvalue weighted by Crippen LogP contribution is -2.54. The Labute approximate surface area is 269 Å². The summed E-state index contributed by atoms with van der Waals surface area (Å²) in [7, 11) is 1.56. The third kappa shape index (κ3) is 7.71. The van der Waals surface area contributed by atoms with Crippen LogP contribution in [0.15, 0.2) is 47.1 Å². The van der Waals surface area contributed by atoms with Gasteiger partial charge in [0.25, 0.3) is 5.91 Å². The van der Waals surface area contributed by atoms with Crippen LogP contribution in [0.25, 0.3) is 0 Å². The summed E-state index contributed by atoms with van der Waals surface area (Å²) in [5, 5.41) is 29.7. The smallest absolute Gasteiger partial charge is 0.253 e. The number of carbonyl (C=O) groups is 1. The number of aliphatic hydroxyl groups excluding tert-OH is 3. The summed E-state index contributed by atoms with van der Waals surface area (Å²) in [6.45, 7) is 7.91. The van der Waals surface area contributed by atoms with Crippen LogP contribution in [0.5, 0.6) is 11.5 Å². The van der Waals surface area contributed by atoms with E-state index in [2.05, 4.69) is 25.9 Å². The van der Waals surface area contributed by atoms with Gasteiger partial charge in [-0.05, 0) is 78.7 Å². The Balaban J connectivity index is 0.000000440. The van der Waals surface area contributed by atoms with Crippen molar-refractivity contribution in [3.8, 4) is 11.5 Å². The fourth-order valence-electron chi connectivity index (χ4n) is 5.48. The minimum Gasteiger partial charge on any atom is -0.493 e. The average molecular weight is 694 g/mol. The molecule has 4 heterocycles. The molecule has 2 fully saturated rings. The van der Waals surface area contributed by atoms with Crippen molar-refractivity contribution in [1.29, 1.82) is 0 Å². The molecule has 4 atom stereocenters. The normalized spacial score (nSPS) is 21.0. The second-order valence-corrected chi connectivity index (χ2v) is 12.5. The van der Waals surface area contributed by atoms with Gasteiger partial charge in [0.1, 0.15) is 28.2 Å². The first-order valence-corrected chi connectivity index (χ1v) is 15.3. The number of aromatic nitrogens is 2. The van der Waals surface area contributed by atoms with Crippen molar-refractivity contribution in [3.63, 3.8) is 0 Å². The SMILES string of the molecule is COc1ccc([C@@H]2CN(C(=O)[C@@H](O)CO)C[C@@]2(C)[C@@H](C)O)cc1OC1CN(c2ccc(F)c(C)n2)C1.Cc1nc(Br)ccc1F. The van der Waals surface area contributed by atoms with Crippen LogP contribution >= 0.6 is 15.9 Å². The maximum atomic E-state index is 13.5. The Morgan fingerprint density at radius 1 is 1.04 bits per heavy atom. The zero-order valence-electron chi connectivity index (χ0n) is 25.9. The highest BCUT2D eigenvalue weighted by atomic mass is 79.9. The van der Waals surface area contributed by atoms with Crippen molar-refractivity contribution in [2.75, 3.05) is 44.8 Å². The molecule has 2 aliphatic heterocycles. The van der Waals surface area contributed by atoms with Crippen molar-refractivity contribution in [3.05, 3.63) is 75.7 Å². The van der Waals surface area contributed by atoms with E-state index in [9.17, 15) is 28.9 Å². The number of pyridine rings is 2. The lowest BCUT2D eigenvalue weighted by atomic mass is 9.72. The summed E-state index contributed by atoms with van der Waals surface area (Å²) in [4.78, 5) is 24.2. The van der Waals surface area contributed by atoms with Crippen molar-refractivity contribution in [2.45, 2.75) is 51.9 Å². The number of hydrogen-bond donors (Lipinski definition) is 3. The standard InChI is InChI=1S/C26H34FN3O6.C6H5BrFN/c1-15-20(27)6-8-24(28-15)29-10-18(11-29)36-23-9-17(5-7-22(23)35-4)19-12-30(25(34)21(33)13-31)14-26(19,3)16(2)32;1-4-5(8)2-3-6(7)9-4/h5-9,16,18-19,21,31-33H,10-14H2,1-4H3;2-3H,1H3/t16-,19+,21+,26+;/m1./s1. The van der Waals surface area contributed by atoms with Gasteiger partial charge in [-0.1, -0.05) is 13.0 Å². The van der Waals surface area contributed by atoms with E-state index >= 15 is 0 Å². The Kier molecular flexibility index (Phi) is 11.0. The molecule has 0 radical (unpaired) electrons. The Morgan fingerprint density at radius 2 is 1.69 bits per heavy atom. The summed E-state index contributed by atoms with van der Waals surface area (Å²) in [5.74, 6) is 0.419. The number of nitrogens with zero attached hydrogens (tertiary/aromatic N) is 4. The number of carbonyl (C=O) groups excluding carboxylic acids is 1. The number of rotatable bonds is 8. The third-order valence-corrected chi connectivity index (χ3v) is 8.95. The number of hydrogen-bond acceptors (Lipinski definition) is 9. The lowest BCUT2D eigenvalue weighted by Gasteiger charge is -2.40. The summed E-state index contributed by atoms with van der Waals surface area (Å²) in [6.07, 6.45) is -2.34. The van der Waals surface area contributed by atoms with Crippen LogP contribution < -0.4 is 14.4 Å². The van der Waals surface area contributed by atoms with E-state index in [1.165, 1.54) is 17.0 Å². The van der Waals surface area contributed by atoms with E-state index in [1.54, 1.807) is 40.0 Å². The molecule has 3 N–H and O–H groups in total. The largest absolute Gasteiger partial charge is 0.493 e. The first kappa shape index (κ1) is 34.5. The van der Waals surface area contributed by atoms with Crippen molar-refractivity contribution in [1.82, 2.24) is 14.9 Å². The van der Waals surface area contributed by atoms with Crippen molar-refractivity contribution >= 4 is 27.7 Å². The average Bonchev–Trinajstić information content (AvgIpc) is 3.36. The number of ether oxygens (including phenoxy) is 2. The molecule has 0 unspecified atom stereocenters. The second kappa shape index (κ2) is 14.4. The number of amides is 1. The zero-order valence-corrected chi connectivity index (χ0v) is 27.5. The Morgan fingerprint density at radius 3 is 2.24 bits per heavy atom. The molecule has 2 aromatic heterocycles. The maximum Gasteiger partial charge on any atom is 0.253 e. The fraction of sp³-hybridized carbons (Fsp3) is 0.469. The predicted octanol–water partition coefficient (Wildman–Crippen LogP) is 3.76. The molecule has 13 heteroatoms. The van der Waals surface area contributed by atoms with E-state index in [1.807, 2.05) is 30.0 Å². The van der Waals surface area contributed by atoms with E-state index in [0.29, 0.717) is 46.4 Å². The molecule has 3 aromatic rings. The molecular formula is C32H39BrF2N4O6. The Bertz CT molecular complexity index is 1510. The zero-order chi connectivity index (χ0) is 33.1. The van der Waals surface area contributed by atoms with Crippen molar-refractivity contribution in [2.24, 2.45) is 5.41 Å². The summed E-state index contributed by atoms with van der Waals surface area (Å²) < 4.78 is 38.4. The quantitative estimate of drug-likeness (QED) is 0.303. The van der Waals surface area contributed by atoms with Crippen LogP contribution in [-0.2, 0) is 4.79 Å². The van der Waals surface area contributed by atoms with E-state index < -0.39 is 30.1 Å². The molecule has 0 saturated carbocycles. The summed E-state index contributed by atoms with van der Waals surface area (Å²) in [5.41, 5.74) is 0.971. The topological polar surface area (TPSA) is 128 Å². The molecule has 244 valence electrons. The summed E-state index contributed by atoms with van der Waals surface area (Å²) >= 11 is 3.12. The van der Waals surface area contributed by atoms with E-state index in [0.717, 1.165) is 5.56 Å². The van der Waals surface area contributed by atoms with Gasteiger partial charge in [0, 0.05) is 24.4 Å². The first-order chi connectivity index (χ1) is 21.3. The molecule has 1 amide bonds.